The Morgan fingerprint density at radius 3 is 2.75 bits per heavy atom. The minimum Gasteiger partial charge on any atom is -0.303 e. The summed E-state index contributed by atoms with van der Waals surface area (Å²) in [5.74, 6) is 2.76. The van der Waals surface area contributed by atoms with Crippen molar-refractivity contribution >= 4 is 6.29 Å². The highest BCUT2D eigenvalue weighted by atomic mass is 16.1. The summed E-state index contributed by atoms with van der Waals surface area (Å²) in [5, 5.41) is 0. The molecule has 16 heavy (non-hydrogen) atoms. The van der Waals surface area contributed by atoms with E-state index in [1.165, 1.54) is 38.4 Å². The molecule has 5 atom stereocenters. The van der Waals surface area contributed by atoms with Crippen molar-refractivity contribution in [2.45, 2.75) is 59.3 Å². The molecule has 2 aliphatic carbocycles. The minimum absolute atomic E-state index is 0.368. The number of aldehydes is 1. The van der Waals surface area contributed by atoms with Crippen molar-refractivity contribution < 1.29 is 4.79 Å². The van der Waals surface area contributed by atoms with Crippen LogP contribution < -0.4 is 0 Å². The number of carbonyl (C=O) groups is 1. The van der Waals surface area contributed by atoms with Gasteiger partial charge in [0.15, 0.2) is 0 Å². The third-order valence-corrected chi connectivity index (χ3v) is 5.76. The number of hydrogen-bond donors (Lipinski definition) is 0. The average molecular weight is 222 g/mol. The van der Waals surface area contributed by atoms with Crippen LogP contribution >= 0.6 is 0 Å². The van der Waals surface area contributed by atoms with Gasteiger partial charge in [0.05, 0.1) is 0 Å². The van der Waals surface area contributed by atoms with Gasteiger partial charge >= 0.3 is 0 Å². The summed E-state index contributed by atoms with van der Waals surface area (Å²) in [6, 6.07) is 0. The molecule has 1 heteroatoms. The summed E-state index contributed by atoms with van der Waals surface area (Å²) in [6.07, 6.45) is 8.98. The maximum absolute atomic E-state index is 11.2. The fraction of sp³-hybridized carbons (Fsp3) is 0.933. The van der Waals surface area contributed by atoms with Gasteiger partial charge in [-0.25, -0.2) is 0 Å². The molecule has 0 aliphatic heterocycles. The van der Waals surface area contributed by atoms with Crippen molar-refractivity contribution in [2.75, 3.05) is 0 Å². The molecular formula is C15H26O. The predicted octanol–water partition coefficient (Wildman–Crippen LogP) is 4.06. The fourth-order valence-electron chi connectivity index (χ4n) is 4.67. The van der Waals surface area contributed by atoms with Crippen LogP contribution in [0.4, 0.5) is 0 Å². The Morgan fingerprint density at radius 2 is 2.12 bits per heavy atom. The zero-order chi connectivity index (χ0) is 11.8. The van der Waals surface area contributed by atoms with Crippen molar-refractivity contribution in [3.8, 4) is 0 Å². The van der Waals surface area contributed by atoms with Crippen molar-refractivity contribution in [1.29, 1.82) is 0 Å². The molecule has 2 rings (SSSR count). The van der Waals surface area contributed by atoms with Crippen LogP contribution in [0.3, 0.4) is 0 Å². The average Bonchev–Trinajstić information content (AvgIpc) is 2.64. The molecule has 0 saturated heterocycles. The van der Waals surface area contributed by atoms with Crippen LogP contribution in [0.15, 0.2) is 0 Å². The second-order valence-electron chi connectivity index (χ2n) is 6.37. The normalized spacial score (nSPS) is 45.1. The number of rotatable bonds is 3. The van der Waals surface area contributed by atoms with E-state index in [4.69, 9.17) is 0 Å². The lowest BCUT2D eigenvalue weighted by Crippen LogP contribution is -2.39. The second kappa shape index (κ2) is 4.50. The molecule has 0 N–H and O–H groups in total. The SMILES string of the molecule is CCC(C)C1CCC2C(C=O)CCCC12C. The van der Waals surface area contributed by atoms with Crippen LogP contribution in [-0.4, -0.2) is 6.29 Å². The molecule has 0 spiro atoms. The van der Waals surface area contributed by atoms with E-state index in [-0.39, 0.29) is 0 Å². The van der Waals surface area contributed by atoms with Gasteiger partial charge in [-0.1, -0.05) is 33.6 Å². The summed E-state index contributed by atoms with van der Waals surface area (Å²) >= 11 is 0. The largest absolute Gasteiger partial charge is 0.303 e. The van der Waals surface area contributed by atoms with E-state index in [1.54, 1.807) is 0 Å². The molecule has 92 valence electrons. The summed E-state index contributed by atoms with van der Waals surface area (Å²) in [4.78, 5) is 11.2. The molecule has 0 aromatic carbocycles. The van der Waals surface area contributed by atoms with E-state index in [0.29, 0.717) is 17.3 Å². The highest BCUT2D eigenvalue weighted by Crippen LogP contribution is 2.59. The Balaban J connectivity index is 2.20. The van der Waals surface area contributed by atoms with Gasteiger partial charge in [-0.3, -0.25) is 0 Å². The maximum atomic E-state index is 11.2. The van der Waals surface area contributed by atoms with Crippen LogP contribution in [0, 0.1) is 29.1 Å². The molecule has 0 bridgehead atoms. The Kier molecular flexibility index (Phi) is 3.42. The van der Waals surface area contributed by atoms with Crippen molar-refractivity contribution in [3.63, 3.8) is 0 Å². The highest BCUT2D eigenvalue weighted by Gasteiger charge is 2.51. The standard InChI is InChI=1S/C15H26O/c1-4-11(2)13-7-8-14-12(10-16)6-5-9-15(13,14)3/h10-14H,4-9H2,1-3H3. The van der Waals surface area contributed by atoms with E-state index in [9.17, 15) is 4.79 Å². The summed E-state index contributed by atoms with van der Waals surface area (Å²) in [7, 11) is 0. The van der Waals surface area contributed by atoms with Crippen molar-refractivity contribution in [1.82, 2.24) is 0 Å². The quantitative estimate of drug-likeness (QED) is 0.658. The monoisotopic (exact) mass is 222 g/mol. The van der Waals surface area contributed by atoms with Gasteiger partial charge < -0.3 is 4.79 Å². The highest BCUT2D eigenvalue weighted by molar-refractivity contribution is 5.54. The molecule has 2 fully saturated rings. The smallest absolute Gasteiger partial charge is 0.123 e. The van der Waals surface area contributed by atoms with E-state index >= 15 is 0 Å². The molecule has 0 aromatic heterocycles. The van der Waals surface area contributed by atoms with Crippen molar-refractivity contribution in [2.24, 2.45) is 29.1 Å². The summed E-state index contributed by atoms with van der Waals surface area (Å²) in [5.41, 5.74) is 0.471. The predicted molar refractivity (Wildman–Crippen MR) is 67.2 cm³/mol. The zero-order valence-corrected chi connectivity index (χ0v) is 11.0. The molecule has 2 aliphatic rings. The Morgan fingerprint density at radius 1 is 1.38 bits per heavy atom. The van der Waals surface area contributed by atoms with Gasteiger partial charge in [0.1, 0.15) is 6.29 Å². The Hall–Kier alpha value is -0.330. The van der Waals surface area contributed by atoms with E-state index in [0.717, 1.165) is 18.3 Å². The lowest BCUT2D eigenvalue weighted by molar-refractivity contribution is -0.116. The van der Waals surface area contributed by atoms with Crippen molar-refractivity contribution in [3.05, 3.63) is 0 Å². The first-order valence-electron chi connectivity index (χ1n) is 7.08. The number of hydrogen-bond acceptors (Lipinski definition) is 1. The molecule has 1 nitrogen and oxygen atoms in total. The number of carbonyl (C=O) groups excluding carboxylic acids is 1. The molecule has 0 amide bonds. The fourth-order valence-corrected chi connectivity index (χ4v) is 4.67. The Bertz CT molecular complexity index is 260. The topological polar surface area (TPSA) is 17.1 Å². The molecule has 0 aromatic rings. The molecule has 0 heterocycles. The van der Waals surface area contributed by atoms with Gasteiger partial charge in [0, 0.05) is 5.92 Å². The summed E-state index contributed by atoms with van der Waals surface area (Å²) < 4.78 is 0. The maximum Gasteiger partial charge on any atom is 0.123 e. The second-order valence-corrected chi connectivity index (χ2v) is 6.37. The number of fused-ring (bicyclic) bond motifs is 1. The Labute approximate surface area is 100.0 Å². The van der Waals surface area contributed by atoms with Crippen LogP contribution in [-0.2, 0) is 4.79 Å². The van der Waals surface area contributed by atoms with E-state index in [1.807, 2.05) is 0 Å². The first-order valence-corrected chi connectivity index (χ1v) is 7.08. The molecule has 2 saturated carbocycles. The van der Waals surface area contributed by atoms with E-state index in [2.05, 4.69) is 20.8 Å². The summed E-state index contributed by atoms with van der Waals surface area (Å²) in [6.45, 7) is 7.18. The van der Waals surface area contributed by atoms with Gasteiger partial charge in [-0.2, -0.15) is 0 Å². The lowest BCUT2D eigenvalue weighted by Gasteiger charge is -2.45. The van der Waals surface area contributed by atoms with Gasteiger partial charge in [0.25, 0.3) is 0 Å². The molecular weight excluding hydrogens is 196 g/mol. The minimum atomic E-state index is 0.368. The molecule has 5 unspecified atom stereocenters. The third kappa shape index (κ3) is 1.72. The van der Waals surface area contributed by atoms with Gasteiger partial charge in [-0.05, 0) is 48.9 Å². The van der Waals surface area contributed by atoms with Gasteiger partial charge in [-0.15, -0.1) is 0 Å². The lowest BCUT2D eigenvalue weighted by atomic mass is 9.59. The third-order valence-electron chi connectivity index (χ3n) is 5.76. The first-order chi connectivity index (χ1) is 7.63. The van der Waals surface area contributed by atoms with Crippen LogP contribution in [0.1, 0.15) is 59.3 Å². The van der Waals surface area contributed by atoms with Crippen LogP contribution in [0.2, 0.25) is 0 Å². The first kappa shape index (κ1) is 12.1. The molecule has 0 radical (unpaired) electrons. The van der Waals surface area contributed by atoms with Crippen LogP contribution in [0.5, 0.6) is 0 Å². The van der Waals surface area contributed by atoms with E-state index < -0.39 is 0 Å². The van der Waals surface area contributed by atoms with Gasteiger partial charge in [0.2, 0.25) is 0 Å². The van der Waals surface area contributed by atoms with Crippen LogP contribution in [0.25, 0.3) is 0 Å². The zero-order valence-electron chi connectivity index (χ0n) is 11.0.